The second-order valence-corrected chi connectivity index (χ2v) is 3.63. The van der Waals surface area contributed by atoms with Crippen LogP contribution in [-0.4, -0.2) is 4.98 Å². The number of aromatic nitrogens is 1. The van der Waals surface area contributed by atoms with Crippen LogP contribution >= 0.6 is 11.3 Å². The normalized spacial score (nSPS) is 12.3. The molecule has 0 saturated carbocycles. The molecule has 1 nitrogen and oxygen atoms in total. The van der Waals surface area contributed by atoms with Crippen molar-refractivity contribution in [2.24, 2.45) is 0 Å². The molecule has 0 N–H and O–H groups in total. The molecule has 1 aromatic carbocycles. The highest BCUT2D eigenvalue weighted by Crippen LogP contribution is 2.35. The maximum atomic E-state index is 13.0. The standard InChI is InChI=1S/C8H3F4NS/c9-4-2-1-3-5-6(4)13-7(14-5)8(10,11)12/h1-3H. The van der Waals surface area contributed by atoms with Crippen molar-refractivity contribution in [1.29, 1.82) is 0 Å². The lowest BCUT2D eigenvalue weighted by molar-refractivity contribution is -0.137. The van der Waals surface area contributed by atoms with Gasteiger partial charge in [-0.3, -0.25) is 0 Å². The first-order valence-corrected chi connectivity index (χ1v) is 4.42. The molecule has 0 fully saturated rings. The van der Waals surface area contributed by atoms with Crippen LogP contribution in [0, 0.1) is 5.82 Å². The molecule has 0 atom stereocenters. The van der Waals surface area contributed by atoms with Gasteiger partial charge in [0.25, 0.3) is 0 Å². The Morgan fingerprint density at radius 2 is 1.93 bits per heavy atom. The smallest absolute Gasteiger partial charge is 0.229 e. The Labute approximate surface area is 80.0 Å². The molecular formula is C8H3F4NS. The number of para-hydroxylation sites is 1. The van der Waals surface area contributed by atoms with Gasteiger partial charge in [-0.1, -0.05) is 6.07 Å². The first-order valence-electron chi connectivity index (χ1n) is 3.61. The van der Waals surface area contributed by atoms with Crippen LogP contribution in [0.1, 0.15) is 5.01 Å². The minimum atomic E-state index is -4.50. The van der Waals surface area contributed by atoms with E-state index in [0.717, 1.165) is 6.07 Å². The van der Waals surface area contributed by atoms with Crippen molar-refractivity contribution in [1.82, 2.24) is 4.98 Å². The summed E-state index contributed by atoms with van der Waals surface area (Å²) in [4.78, 5) is 3.20. The van der Waals surface area contributed by atoms with Crippen LogP contribution in [-0.2, 0) is 6.18 Å². The molecule has 14 heavy (non-hydrogen) atoms. The number of rotatable bonds is 0. The van der Waals surface area contributed by atoms with Gasteiger partial charge in [-0.15, -0.1) is 11.3 Å². The SMILES string of the molecule is Fc1cccc2sc(C(F)(F)F)nc12. The van der Waals surface area contributed by atoms with Gasteiger partial charge in [0.1, 0.15) is 11.3 Å². The van der Waals surface area contributed by atoms with E-state index in [9.17, 15) is 17.6 Å². The average Bonchev–Trinajstić information content (AvgIpc) is 2.48. The average molecular weight is 221 g/mol. The van der Waals surface area contributed by atoms with Crippen molar-refractivity contribution < 1.29 is 17.6 Å². The molecule has 6 heteroatoms. The van der Waals surface area contributed by atoms with E-state index in [4.69, 9.17) is 0 Å². The van der Waals surface area contributed by atoms with Crippen LogP contribution in [0.3, 0.4) is 0 Å². The van der Waals surface area contributed by atoms with Gasteiger partial charge in [0, 0.05) is 0 Å². The number of hydrogen-bond acceptors (Lipinski definition) is 2. The van der Waals surface area contributed by atoms with Gasteiger partial charge < -0.3 is 0 Å². The fourth-order valence-corrected chi connectivity index (χ4v) is 1.88. The van der Waals surface area contributed by atoms with Crippen molar-refractivity contribution in [2.75, 3.05) is 0 Å². The van der Waals surface area contributed by atoms with Crippen LogP contribution in [0.4, 0.5) is 17.6 Å². The molecule has 0 spiro atoms. The van der Waals surface area contributed by atoms with Crippen LogP contribution in [0.25, 0.3) is 10.2 Å². The molecule has 0 saturated heterocycles. The molecule has 0 aliphatic heterocycles. The van der Waals surface area contributed by atoms with Crippen LogP contribution < -0.4 is 0 Å². The molecule has 0 aliphatic rings. The molecule has 74 valence electrons. The van der Waals surface area contributed by atoms with Crippen molar-refractivity contribution in [3.8, 4) is 0 Å². The first-order chi connectivity index (χ1) is 6.48. The summed E-state index contributed by atoms with van der Waals surface area (Å²) in [6.45, 7) is 0. The number of alkyl halides is 3. The summed E-state index contributed by atoms with van der Waals surface area (Å²) in [5.41, 5.74) is -0.218. The van der Waals surface area contributed by atoms with Crippen LogP contribution in [0.15, 0.2) is 18.2 Å². The van der Waals surface area contributed by atoms with Gasteiger partial charge in [-0.2, -0.15) is 13.2 Å². The molecule has 0 unspecified atom stereocenters. The Morgan fingerprint density at radius 3 is 2.50 bits per heavy atom. The van der Waals surface area contributed by atoms with Crippen LogP contribution in [0.2, 0.25) is 0 Å². The van der Waals surface area contributed by atoms with Gasteiger partial charge in [-0.25, -0.2) is 9.37 Å². The fourth-order valence-electron chi connectivity index (χ4n) is 1.04. The van der Waals surface area contributed by atoms with E-state index in [1.54, 1.807) is 0 Å². The second kappa shape index (κ2) is 2.91. The van der Waals surface area contributed by atoms with Crippen molar-refractivity contribution in [2.45, 2.75) is 6.18 Å². The van der Waals surface area contributed by atoms with Gasteiger partial charge >= 0.3 is 6.18 Å². The lowest BCUT2D eigenvalue weighted by Crippen LogP contribution is -2.03. The maximum Gasteiger partial charge on any atom is 0.443 e. The Balaban J connectivity index is 2.69. The van der Waals surface area contributed by atoms with E-state index in [-0.39, 0.29) is 10.2 Å². The zero-order valence-electron chi connectivity index (χ0n) is 6.60. The Hall–Kier alpha value is -1.17. The molecular weight excluding hydrogens is 218 g/mol. The van der Waals surface area contributed by atoms with Gasteiger partial charge in [0.2, 0.25) is 0 Å². The number of thiazole rings is 1. The van der Waals surface area contributed by atoms with E-state index in [1.807, 2.05) is 0 Å². The van der Waals surface area contributed by atoms with E-state index in [1.165, 1.54) is 12.1 Å². The zero-order valence-corrected chi connectivity index (χ0v) is 7.42. The van der Waals surface area contributed by atoms with Crippen molar-refractivity contribution in [3.05, 3.63) is 29.0 Å². The Morgan fingerprint density at radius 1 is 1.21 bits per heavy atom. The third kappa shape index (κ3) is 1.45. The van der Waals surface area contributed by atoms with E-state index in [0.29, 0.717) is 11.3 Å². The van der Waals surface area contributed by atoms with E-state index >= 15 is 0 Å². The minimum absolute atomic E-state index is 0.206. The molecule has 2 rings (SSSR count). The third-order valence-corrected chi connectivity index (χ3v) is 2.68. The first kappa shape index (κ1) is 9.39. The fraction of sp³-hybridized carbons (Fsp3) is 0.125. The van der Waals surface area contributed by atoms with Crippen molar-refractivity contribution in [3.63, 3.8) is 0 Å². The second-order valence-electron chi connectivity index (χ2n) is 2.60. The molecule has 0 radical (unpaired) electrons. The van der Waals surface area contributed by atoms with Crippen molar-refractivity contribution >= 4 is 21.6 Å². The van der Waals surface area contributed by atoms with Gasteiger partial charge in [0.05, 0.1) is 4.70 Å². The summed E-state index contributed by atoms with van der Waals surface area (Å²) in [5, 5.41) is -1.02. The Kier molecular flexibility index (Phi) is 1.95. The monoisotopic (exact) mass is 221 g/mol. The highest BCUT2D eigenvalue weighted by Gasteiger charge is 2.35. The molecule has 1 heterocycles. The lowest BCUT2D eigenvalue weighted by atomic mass is 10.3. The number of halogens is 4. The third-order valence-electron chi connectivity index (χ3n) is 1.61. The number of fused-ring (bicyclic) bond motifs is 1. The van der Waals surface area contributed by atoms with Gasteiger partial charge in [-0.05, 0) is 12.1 Å². The number of nitrogens with zero attached hydrogens (tertiary/aromatic N) is 1. The predicted octanol–water partition coefficient (Wildman–Crippen LogP) is 3.45. The van der Waals surface area contributed by atoms with Gasteiger partial charge in [0.15, 0.2) is 5.01 Å². The largest absolute Gasteiger partial charge is 0.443 e. The zero-order chi connectivity index (χ0) is 10.3. The summed E-state index contributed by atoms with van der Waals surface area (Å²) in [5.74, 6) is -0.728. The molecule has 0 amide bonds. The highest BCUT2D eigenvalue weighted by molar-refractivity contribution is 7.18. The summed E-state index contributed by atoms with van der Waals surface area (Å²) in [7, 11) is 0. The predicted molar refractivity (Wildman–Crippen MR) is 44.6 cm³/mol. The minimum Gasteiger partial charge on any atom is -0.229 e. The topological polar surface area (TPSA) is 12.9 Å². The Bertz CT molecular complexity index is 474. The summed E-state index contributed by atoms with van der Waals surface area (Å²) >= 11 is 0.442. The molecule has 0 aliphatic carbocycles. The quantitative estimate of drug-likeness (QED) is 0.621. The molecule has 0 bridgehead atoms. The molecule has 2 aromatic rings. The van der Waals surface area contributed by atoms with Crippen LogP contribution in [0.5, 0.6) is 0 Å². The molecule has 1 aromatic heterocycles. The summed E-state index contributed by atoms with van der Waals surface area (Å²) < 4.78 is 49.7. The number of hydrogen-bond donors (Lipinski definition) is 0. The van der Waals surface area contributed by atoms with E-state index in [2.05, 4.69) is 4.98 Å². The maximum absolute atomic E-state index is 13.0. The van der Waals surface area contributed by atoms with E-state index < -0.39 is 17.0 Å². The summed E-state index contributed by atoms with van der Waals surface area (Å²) in [6, 6.07) is 3.85. The summed E-state index contributed by atoms with van der Waals surface area (Å²) in [6.07, 6.45) is -4.50. The lowest BCUT2D eigenvalue weighted by Gasteiger charge is -1.98. The highest BCUT2D eigenvalue weighted by atomic mass is 32.1. The number of benzene rings is 1.